The molecule has 0 amide bonds. The SMILES string of the molecule is CCCCOCCn1c(N)nc2cccnc21. The number of pyridine rings is 1. The summed E-state index contributed by atoms with van der Waals surface area (Å²) in [6.45, 7) is 4.29. The fourth-order valence-electron chi connectivity index (χ4n) is 1.70. The van der Waals surface area contributed by atoms with Gasteiger partial charge in [0, 0.05) is 12.8 Å². The molecule has 0 aliphatic carbocycles. The first-order valence-corrected chi connectivity index (χ1v) is 5.97. The molecule has 0 saturated heterocycles. The van der Waals surface area contributed by atoms with E-state index in [1.54, 1.807) is 6.20 Å². The molecule has 17 heavy (non-hydrogen) atoms. The lowest BCUT2D eigenvalue weighted by Gasteiger charge is -2.06. The quantitative estimate of drug-likeness (QED) is 0.774. The normalized spacial score (nSPS) is 11.1. The van der Waals surface area contributed by atoms with Gasteiger partial charge in [-0.3, -0.25) is 4.57 Å². The van der Waals surface area contributed by atoms with Crippen LogP contribution in [0.2, 0.25) is 0 Å². The van der Waals surface area contributed by atoms with Gasteiger partial charge in [0.1, 0.15) is 5.52 Å². The predicted octanol–water partition coefficient (Wildman–Crippen LogP) is 1.83. The van der Waals surface area contributed by atoms with Gasteiger partial charge in [0.2, 0.25) is 5.95 Å². The third kappa shape index (κ3) is 2.74. The van der Waals surface area contributed by atoms with Crippen LogP contribution in [0.5, 0.6) is 0 Å². The average Bonchev–Trinajstić information content (AvgIpc) is 2.65. The second-order valence-corrected chi connectivity index (χ2v) is 3.93. The van der Waals surface area contributed by atoms with E-state index < -0.39 is 0 Å². The Labute approximate surface area is 101 Å². The molecule has 2 aromatic rings. The van der Waals surface area contributed by atoms with Crippen LogP contribution >= 0.6 is 0 Å². The highest BCUT2D eigenvalue weighted by molar-refractivity contribution is 5.73. The molecule has 0 aliphatic rings. The fraction of sp³-hybridized carbons (Fsp3) is 0.500. The van der Waals surface area contributed by atoms with Crippen LogP contribution in [0, 0.1) is 0 Å². The third-order valence-electron chi connectivity index (χ3n) is 2.63. The highest BCUT2D eigenvalue weighted by Crippen LogP contribution is 2.14. The number of hydrogen-bond donors (Lipinski definition) is 1. The Morgan fingerprint density at radius 1 is 1.41 bits per heavy atom. The molecule has 92 valence electrons. The molecular weight excluding hydrogens is 216 g/mol. The molecule has 2 heterocycles. The zero-order chi connectivity index (χ0) is 12.1. The number of unbranched alkanes of at least 4 members (excludes halogenated alkanes) is 1. The van der Waals surface area contributed by atoms with E-state index in [0.717, 1.165) is 30.6 Å². The van der Waals surface area contributed by atoms with E-state index in [1.807, 2.05) is 16.7 Å². The van der Waals surface area contributed by atoms with E-state index in [0.29, 0.717) is 19.1 Å². The highest BCUT2D eigenvalue weighted by atomic mass is 16.5. The van der Waals surface area contributed by atoms with E-state index in [4.69, 9.17) is 10.5 Å². The van der Waals surface area contributed by atoms with Crippen molar-refractivity contribution in [2.75, 3.05) is 18.9 Å². The summed E-state index contributed by atoms with van der Waals surface area (Å²) in [5.41, 5.74) is 7.51. The van der Waals surface area contributed by atoms with Crippen LogP contribution in [0.15, 0.2) is 18.3 Å². The van der Waals surface area contributed by atoms with Gasteiger partial charge in [-0.15, -0.1) is 0 Å². The topological polar surface area (TPSA) is 66.0 Å². The first kappa shape index (κ1) is 11.9. The molecule has 0 aromatic carbocycles. The van der Waals surface area contributed by atoms with Crippen LogP contribution in [-0.2, 0) is 11.3 Å². The highest BCUT2D eigenvalue weighted by Gasteiger charge is 2.07. The number of imidazole rings is 1. The Morgan fingerprint density at radius 3 is 3.12 bits per heavy atom. The second kappa shape index (κ2) is 5.63. The largest absolute Gasteiger partial charge is 0.380 e. The molecule has 0 radical (unpaired) electrons. The van der Waals surface area contributed by atoms with Crippen molar-refractivity contribution in [3.63, 3.8) is 0 Å². The summed E-state index contributed by atoms with van der Waals surface area (Å²) in [7, 11) is 0. The maximum atomic E-state index is 5.85. The van der Waals surface area contributed by atoms with Crippen molar-refractivity contribution < 1.29 is 4.74 Å². The van der Waals surface area contributed by atoms with Crippen molar-refractivity contribution in [2.45, 2.75) is 26.3 Å². The summed E-state index contributed by atoms with van der Waals surface area (Å²) in [4.78, 5) is 8.53. The smallest absolute Gasteiger partial charge is 0.202 e. The molecule has 0 saturated carbocycles. The maximum absolute atomic E-state index is 5.85. The number of fused-ring (bicyclic) bond motifs is 1. The van der Waals surface area contributed by atoms with Crippen molar-refractivity contribution in [1.29, 1.82) is 0 Å². The Hall–Kier alpha value is -1.62. The number of ether oxygens (including phenoxy) is 1. The monoisotopic (exact) mass is 234 g/mol. The Morgan fingerprint density at radius 2 is 2.29 bits per heavy atom. The van der Waals surface area contributed by atoms with Gasteiger partial charge in [-0.1, -0.05) is 13.3 Å². The lowest BCUT2D eigenvalue weighted by Crippen LogP contribution is -2.10. The van der Waals surface area contributed by atoms with E-state index in [9.17, 15) is 0 Å². The second-order valence-electron chi connectivity index (χ2n) is 3.93. The van der Waals surface area contributed by atoms with E-state index in [1.165, 1.54) is 0 Å². The summed E-state index contributed by atoms with van der Waals surface area (Å²) < 4.78 is 7.41. The van der Waals surface area contributed by atoms with Gasteiger partial charge >= 0.3 is 0 Å². The zero-order valence-corrected chi connectivity index (χ0v) is 10.1. The van der Waals surface area contributed by atoms with Crippen molar-refractivity contribution in [1.82, 2.24) is 14.5 Å². The number of rotatable bonds is 6. The van der Waals surface area contributed by atoms with Crippen molar-refractivity contribution in [2.24, 2.45) is 0 Å². The van der Waals surface area contributed by atoms with Crippen LogP contribution in [0.25, 0.3) is 11.2 Å². The van der Waals surface area contributed by atoms with Gasteiger partial charge in [0.25, 0.3) is 0 Å². The van der Waals surface area contributed by atoms with Gasteiger partial charge in [-0.05, 0) is 18.6 Å². The summed E-state index contributed by atoms with van der Waals surface area (Å²) in [6, 6.07) is 3.77. The van der Waals surface area contributed by atoms with Crippen LogP contribution in [0.1, 0.15) is 19.8 Å². The maximum Gasteiger partial charge on any atom is 0.202 e. The van der Waals surface area contributed by atoms with Crippen molar-refractivity contribution >= 4 is 17.1 Å². The molecule has 0 bridgehead atoms. The van der Waals surface area contributed by atoms with Crippen molar-refractivity contribution in [3.8, 4) is 0 Å². The molecule has 0 spiro atoms. The lowest BCUT2D eigenvalue weighted by molar-refractivity contribution is 0.124. The standard InChI is InChI=1S/C12H18N4O/c1-2-3-8-17-9-7-16-11-10(15-12(16)13)5-4-6-14-11/h4-6H,2-3,7-9H2,1H3,(H2,13,15). The summed E-state index contributed by atoms with van der Waals surface area (Å²) in [5, 5.41) is 0. The molecule has 2 aromatic heterocycles. The Balaban J connectivity index is 2.00. The van der Waals surface area contributed by atoms with Gasteiger partial charge in [-0.2, -0.15) is 0 Å². The van der Waals surface area contributed by atoms with Crippen LogP contribution in [-0.4, -0.2) is 27.7 Å². The van der Waals surface area contributed by atoms with E-state index >= 15 is 0 Å². The number of nitrogens with zero attached hydrogens (tertiary/aromatic N) is 3. The molecule has 5 heteroatoms. The summed E-state index contributed by atoms with van der Waals surface area (Å²) in [5.74, 6) is 0.498. The Kier molecular flexibility index (Phi) is 3.93. The number of nitrogen functional groups attached to an aromatic ring is 1. The molecule has 2 N–H and O–H groups in total. The summed E-state index contributed by atoms with van der Waals surface area (Å²) >= 11 is 0. The van der Waals surface area contributed by atoms with Crippen LogP contribution in [0.3, 0.4) is 0 Å². The minimum Gasteiger partial charge on any atom is -0.380 e. The molecule has 0 unspecified atom stereocenters. The fourth-order valence-corrected chi connectivity index (χ4v) is 1.70. The van der Waals surface area contributed by atoms with E-state index in [2.05, 4.69) is 16.9 Å². The molecule has 2 rings (SSSR count). The van der Waals surface area contributed by atoms with Gasteiger partial charge < -0.3 is 10.5 Å². The molecule has 0 fully saturated rings. The number of hydrogen-bond acceptors (Lipinski definition) is 4. The minimum atomic E-state index is 0.498. The number of nitrogens with two attached hydrogens (primary N) is 1. The van der Waals surface area contributed by atoms with Crippen molar-refractivity contribution in [3.05, 3.63) is 18.3 Å². The molecule has 0 atom stereocenters. The van der Waals surface area contributed by atoms with Gasteiger partial charge in [0.05, 0.1) is 13.2 Å². The number of anilines is 1. The van der Waals surface area contributed by atoms with Crippen LogP contribution in [0.4, 0.5) is 5.95 Å². The third-order valence-corrected chi connectivity index (χ3v) is 2.63. The van der Waals surface area contributed by atoms with Gasteiger partial charge in [0.15, 0.2) is 5.65 Å². The Bertz CT molecular complexity index is 480. The number of aromatic nitrogens is 3. The first-order chi connectivity index (χ1) is 8.33. The summed E-state index contributed by atoms with van der Waals surface area (Å²) in [6.07, 6.45) is 3.99. The minimum absolute atomic E-state index is 0.498. The lowest BCUT2D eigenvalue weighted by atomic mass is 10.4. The predicted molar refractivity (Wildman–Crippen MR) is 67.7 cm³/mol. The first-order valence-electron chi connectivity index (χ1n) is 5.97. The zero-order valence-electron chi connectivity index (χ0n) is 10.1. The van der Waals surface area contributed by atoms with Gasteiger partial charge in [-0.25, -0.2) is 9.97 Å². The molecular formula is C12H18N4O. The van der Waals surface area contributed by atoms with Crippen LogP contribution < -0.4 is 5.73 Å². The van der Waals surface area contributed by atoms with E-state index in [-0.39, 0.29) is 0 Å². The molecule has 5 nitrogen and oxygen atoms in total. The average molecular weight is 234 g/mol. The molecule has 0 aliphatic heterocycles.